The Balaban J connectivity index is 1.67. The lowest BCUT2D eigenvalue weighted by Crippen LogP contribution is -2.61. The van der Waals surface area contributed by atoms with E-state index in [1.54, 1.807) is 0 Å². The molecule has 2 N–H and O–H groups in total. The van der Waals surface area contributed by atoms with Gasteiger partial charge >= 0.3 is 0 Å². The van der Waals surface area contributed by atoms with Gasteiger partial charge in [-0.25, -0.2) is 0 Å². The van der Waals surface area contributed by atoms with Crippen molar-refractivity contribution < 1.29 is 0 Å². The first-order chi connectivity index (χ1) is 10.2. The summed E-state index contributed by atoms with van der Waals surface area (Å²) in [5.74, 6) is 0.845. The van der Waals surface area contributed by atoms with E-state index in [9.17, 15) is 0 Å². The van der Waals surface area contributed by atoms with Crippen molar-refractivity contribution in [3.05, 3.63) is 29.8 Å². The maximum absolute atomic E-state index is 6.20. The number of rotatable bonds is 5. The molecule has 3 rings (SSSR count). The predicted octanol–water partition coefficient (Wildman–Crippen LogP) is 2.63. The molecule has 1 saturated heterocycles. The van der Waals surface area contributed by atoms with E-state index in [4.69, 9.17) is 5.73 Å². The Bertz CT molecular complexity index is 469. The van der Waals surface area contributed by atoms with Crippen molar-refractivity contribution in [1.82, 2.24) is 4.90 Å². The highest BCUT2D eigenvalue weighted by molar-refractivity contribution is 5.48. The summed E-state index contributed by atoms with van der Waals surface area (Å²) in [5.41, 5.74) is 9.19. The van der Waals surface area contributed by atoms with Crippen molar-refractivity contribution in [1.29, 1.82) is 0 Å². The molecule has 1 aromatic carbocycles. The van der Waals surface area contributed by atoms with Gasteiger partial charge in [0.15, 0.2) is 0 Å². The Kier molecular flexibility index (Phi) is 4.23. The van der Waals surface area contributed by atoms with Gasteiger partial charge in [0.1, 0.15) is 0 Å². The second-order valence-electron chi connectivity index (χ2n) is 6.75. The molecule has 116 valence electrons. The highest BCUT2D eigenvalue weighted by Crippen LogP contribution is 2.45. The summed E-state index contributed by atoms with van der Waals surface area (Å²) in [5, 5.41) is 0. The molecule has 1 atom stereocenters. The molecule has 1 heterocycles. The number of piperazine rings is 1. The minimum atomic E-state index is 0.276. The fourth-order valence-corrected chi connectivity index (χ4v) is 4.07. The minimum absolute atomic E-state index is 0.276. The van der Waals surface area contributed by atoms with Gasteiger partial charge in [-0.2, -0.15) is 0 Å². The zero-order valence-electron chi connectivity index (χ0n) is 13.5. The van der Waals surface area contributed by atoms with Crippen LogP contribution in [0.3, 0.4) is 0 Å². The Hall–Kier alpha value is -1.06. The van der Waals surface area contributed by atoms with Crippen LogP contribution in [-0.4, -0.2) is 43.2 Å². The fourth-order valence-electron chi connectivity index (χ4n) is 4.07. The molecule has 0 aromatic heterocycles. The first kappa shape index (κ1) is 14.9. The first-order valence-corrected chi connectivity index (χ1v) is 8.46. The summed E-state index contributed by atoms with van der Waals surface area (Å²) in [4.78, 5) is 5.21. The molecule has 2 aliphatic rings. The van der Waals surface area contributed by atoms with Gasteiger partial charge in [0.2, 0.25) is 0 Å². The SMILES string of the molecule is CCC(CN)(C1CC1)N1CCN(c2cccc(C)c2)CC1. The average Bonchev–Trinajstić information content (AvgIpc) is 3.35. The molecule has 3 heteroatoms. The van der Waals surface area contributed by atoms with Crippen LogP contribution in [0.1, 0.15) is 31.7 Å². The number of nitrogens with two attached hydrogens (primary N) is 1. The molecule has 0 radical (unpaired) electrons. The third-order valence-electron chi connectivity index (χ3n) is 5.58. The number of hydrogen-bond donors (Lipinski definition) is 1. The van der Waals surface area contributed by atoms with E-state index >= 15 is 0 Å². The van der Waals surface area contributed by atoms with Crippen LogP contribution in [0.25, 0.3) is 0 Å². The van der Waals surface area contributed by atoms with E-state index in [1.165, 1.54) is 30.5 Å². The Morgan fingerprint density at radius 3 is 2.43 bits per heavy atom. The summed E-state index contributed by atoms with van der Waals surface area (Å²) in [6, 6.07) is 8.87. The lowest BCUT2D eigenvalue weighted by molar-refractivity contribution is 0.0623. The Morgan fingerprint density at radius 2 is 1.90 bits per heavy atom. The summed E-state index contributed by atoms with van der Waals surface area (Å²) < 4.78 is 0. The Morgan fingerprint density at radius 1 is 1.19 bits per heavy atom. The molecule has 1 aliphatic carbocycles. The van der Waals surface area contributed by atoms with Gasteiger partial charge in [0.05, 0.1) is 0 Å². The van der Waals surface area contributed by atoms with E-state index in [2.05, 4.69) is 47.9 Å². The zero-order chi connectivity index (χ0) is 14.9. The van der Waals surface area contributed by atoms with Crippen LogP contribution in [0.4, 0.5) is 5.69 Å². The second kappa shape index (κ2) is 5.98. The Labute approximate surface area is 129 Å². The van der Waals surface area contributed by atoms with E-state index < -0.39 is 0 Å². The summed E-state index contributed by atoms with van der Waals surface area (Å²) in [6.07, 6.45) is 3.95. The lowest BCUT2D eigenvalue weighted by Gasteiger charge is -2.48. The first-order valence-electron chi connectivity index (χ1n) is 8.46. The van der Waals surface area contributed by atoms with Crippen molar-refractivity contribution in [2.45, 2.75) is 38.6 Å². The van der Waals surface area contributed by atoms with Crippen LogP contribution in [0, 0.1) is 12.8 Å². The minimum Gasteiger partial charge on any atom is -0.369 e. The van der Waals surface area contributed by atoms with Gasteiger partial charge in [-0.15, -0.1) is 0 Å². The van der Waals surface area contributed by atoms with E-state index in [0.29, 0.717) is 0 Å². The number of aryl methyl sites for hydroxylation is 1. The third kappa shape index (κ3) is 2.82. The van der Waals surface area contributed by atoms with E-state index in [-0.39, 0.29) is 5.54 Å². The van der Waals surface area contributed by atoms with Crippen LogP contribution >= 0.6 is 0 Å². The molecule has 1 aliphatic heterocycles. The standard InChI is InChI=1S/C18H29N3/c1-3-18(14-19,16-7-8-16)21-11-9-20(10-12-21)17-6-4-5-15(2)13-17/h4-6,13,16H,3,7-12,14,19H2,1-2H3. The molecule has 1 unspecified atom stereocenters. The molecule has 1 aromatic rings. The molecule has 3 nitrogen and oxygen atoms in total. The smallest absolute Gasteiger partial charge is 0.0369 e. The molecular formula is C18H29N3. The molecule has 0 bridgehead atoms. The molecule has 21 heavy (non-hydrogen) atoms. The number of benzene rings is 1. The highest BCUT2D eigenvalue weighted by Gasteiger charge is 2.47. The van der Waals surface area contributed by atoms with Gasteiger partial charge in [0.25, 0.3) is 0 Å². The van der Waals surface area contributed by atoms with Crippen molar-refractivity contribution in [3.63, 3.8) is 0 Å². The normalized spacial score (nSPS) is 23.1. The maximum atomic E-state index is 6.20. The van der Waals surface area contributed by atoms with Gasteiger partial charge < -0.3 is 10.6 Å². The molecule has 0 spiro atoms. The molecule has 2 fully saturated rings. The molecule has 1 saturated carbocycles. The quantitative estimate of drug-likeness (QED) is 0.903. The van der Waals surface area contributed by atoms with Crippen molar-refractivity contribution in [3.8, 4) is 0 Å². The monoisotopic (exact) mass is 287 g/mol. The number of anilines is 1. The van der Waals surface area contributed by atoms with Gasteiger partial charge in [-0.05, 0) is 49.8 Å². The fraction of sp³-hybridized carbons (Fsp3) is 0.667. The largest absolute Gasteiger partial charge is 0.369 e. The van der Waals surface area contributed by atoms with Crippen LogP contribution < -0.4 is 10.6 Å². The van der Waals surface area contributed by atoms with Crippen LogP contribution in [-0.2, 0) is 0 Å². The third-order valence-corrected chi connectivity index (χ3v) is 5.58. The average molecular weight is 287 g/mol. The highest BCUT2D eigenvalue weighted by atomic mass is 15.3. The summed E-state index contributed by atoms with van der Waals surface area (Å²) >= 11 is 0. The number of nitrogens with zero attached hydrogens (tertiary/aromatic N) is 2. The van der Waals surface area contributed by atoms with Gasteiger partial charge in [-0.1, -0.05) is 19.1 Å². The second-order valence-corrected chi connectivity index (χ2v) is 6.75. The topological polar surface area (TPSA) is 32.5 Å². The zero-order valence-corrected chi connectivity index (χ0v) is 13.5. The molecular weight excluding hydrogens is 258 g/mol. The van der Waals surface area contributed by atoms with Crippen LogP contribution in [0.15, 0.2) is 24.3 Å². The van der Waals surface area contributed by atoms with Crippen LogP contribution in [0.5, 0.6) is 0 Å². The van der Waals surface area contributed by atoms with Crippen LogP contribution in [0.2, 0.25) is 0 Å². The predicted molar refractivity (Wildman–Crippen MR) is 89.8 cm³/mol. The van der Waals surface area contributed by atoms with Gasteiger partial charge in [0, 0.05) is 44.0 Å². The van der Waals surface area contributed by atoms with Crippen molar-refractivity contribution in [2.24, 2.45) is 11.7 Å². The van der Waals surface area contributed by atoms with Crippen molar-refractivity contribution >= 4 is 5.69 Å². The van der Waals surface area contributed by atoms with Gasteiger partial charge in [-0.3, -0.25) is 4.90 Å². The van der Waals surface area contributed by atoms with E-state index in [1.807, 2.05) is 0 Å². The van der Waals surface area contributed by atoms with E-state index in [0.717, 1.165) is 38.6 Å². The maximum Gasteiger partial charge on any atom is 0.0369 e. The van der Waals surface area contributed by atoms with Crippen molar-refractivity contribution in [2.75, 3.05) is 37.6 Å². The lowest BCUT2D eigenvalue weighted by atomic mass is 9.87. The summed E-state index contributed by atoms with van der Waals surface area (Å²) in [6.45, 7) is 9.85. The molecule has 0 amide bonds. The summed E-state index contributed by atoms with van der Waals surface area (Å²) in [7, 11) is 0. The number of hydrogen-bond acceptors (Lipinski definition) is 3.